The third-order valence-corrected chi connectivity index (χ3v) is 3.59. The predicted molar refractivity (Wildman–Crippen MR) is 62.8 cm³/mol. The smallest absolute Gasteiger partial charge is 0.108 e. The molecule has 1 N–H and O–H groups in total. The second kappa shape index (κ2) is 5.03. The summed E-state index contributed by atoms with van der Waals surface area (Å²) in [5, 5.41) is 5.56. The number of nitrogens with zero attached hydrogens (tertiary/aromatic N) is 3. The summed E-state index contributed by atoms with van der Waals surface area (Å²) in [6.07, 6.45) is 0. The molecule has 1 aromatic rings. The Labute approximate surface area is 94.9 Å². The van der Waals surface area contributed by atoms with Crippen molar-refractivity contribution in [3.63, 3.8) is 0 Å². The van der Waals surface area contributed by atoms with E-state index in [4.69, 9.17) is 0 Å². The molecule has 0 amide bonds. The summed E-state index contributed by atoms with van der Waals surface area (Å²) in [6.45, 7) is 7.38. The highest BCUT2D eigenvalue weighted by Gasteiger charge is 2.13. The third-order valence-electron chi connectivity index (χ3n) is 2.62. The third kappa shape index (κ3) is 3.24. The van der Waals surface area contributed by atoms with Crippen LogP contribution in [0.4, 0.5) is 0 Å². The summed E-state index contributed by atoms with van der Waals surface area (Å²) in [5.41, 5.74) is 4.55. The van der Waals surface area contributed by atoms with Crippen LogP contribution in [0, 0.1) is 6.92 Å². The van der Waals surface area contributed by atoms with Gasteiger partial charge in [0.05, 0.1) is 6.54 Å². The van der Waals surface area contributed by atoms with E-state index in [1.165, 1.54) is 5.01 Å². The summed E-state index contributed by atoms with van der Waals surface area (Å²) in [7, 11) is 2.17. The zero-order chi connectivity index (χ0) is 10.7. The molecule has 4 nitrogen and oxygen atoms in total. The van der Waals surface area contributed by atoms with Gasteiger partial charge in [-0.3, -0.25) is 0 Å². The molecule has 1 saturated heterocycles. The predicted octanol–water partition coefficient (Wildman–Crippen LogP) is 0.704. The van der Waals surface area contributed by atoms with Gasteiger partial charge in [0.2, 0.25) is 0 Å². The number of piperazine rings is 1. The highest BCUT2D eigenvalue weighted by atomic mass is 32.1. The van der Waals surface area contributed by atoms with Gasteiger partial charge in [-0.25, -0.2) is 15.4 Å². The zero-order valence-electron chi connectivity index (χ0n) is 9.36. The van der Waals surface area contributed by atoms with Gasteiger partial charge >= 0.3 is 0 Å². The molecule has 0 aromatic carbocycles. The van der Waals surface area contributed by atoms with Crippen molar-refractivity contribution in [2.24, 2.45) is 0 Å². The van der Waals surface area contributed by atoms with Crippen LogP contribution in [0.2, 0.25) is 0 Å². The Morgan fingerprint density at radius 2 is 2.13 bits per heavy atom. The van der Waals surface area contributed by atoms with Gasteiger partial charge in [0.1, 0.15) is 5.01 Å². The molecule has 5 heteroatoms. The van der Waals surface area contributed by atoms with Gasteiger partial charge in [-0.15, -0.1) is 11.3 Å². The van der Waals surface area contributed by atoms with Crippen LogP contribution in [0.1, 0.15) is 10.7 Å². The normalized spacial score (nSPS) is 19.6. The fourth-order valence-electron chi connectivity index (χ4n) is 1.63. The SMILES string of the molecule is Cc1csc(CNN2CCN(C)CC2)n1. The lowest BCUT2D eigenvalue weighted by Crippen LogP contribution is -2.50. The van der Waals surface area contributed by atoms with Gasteiger partial charge in [0.25, 0.3) is 0 Å². The number of rotatable bonds is 3. The molecule has 0 bridgehead atoms. The Morgan fingerprint density at radius 1 is 1.40 bits per heavy atom. The first-order valence-corrected chi connectivity index (χ1v) is 6.20. The largest absolute Gasteiger partial charge is 0.304 e. The number of hydrogen-bond acceptors (Lipinski definition) is 5. The lowest BCUT2D eigenvalue weighted by Gasteiger charge is -2.32. The molecule has 0 atom stereocenters. The number of nitrogens with one attached hydrogen (secondary N) is 1. The van der Waals surface area contributed by atoms with Gasteiger partial charge in [-0.05, 0) is 14.0 Å². The number of likely N-dealkylation sites (N-methyl/N-ethyl adjacent to an activating group) is 1. The van der Waals surface area contributed by atoms with Gasteiger partial charge < -0.3 is 4.90 Å². The molecular weight excluding hydrogens is 208 g/mol. The van der Waals surface area contributed by atoms with Crippen LogP contribution in [0.5, 0.6) is 0 Å². The molecule has 1 aromatic heterocycles. The molecule has 2 heterocycles. The molecule has 0 aliphatic carbocycles. The van der Waals surface area contributed by atoms with Gasteiger partial charge in [0.15, 0.2) is 0 Å². The summed E-state index contributed by atoms with van der Waals surface area (Å²) in [4.78, 5) is 6.78. The lowest BCUT2D eigenvalue weighted by atomic mass is 10.4. The second-order valence-corrected chi connectivity index (χ2v) is 4.95. The minimum atomic E-state index is 0.863. The van der Waals surface area contributed by atoms with E-state index in [1.807, 2.05) is 6.92 Å². The van der Waals surface area contributed by atoms with Crippen LogP contribution in [0.3, 0.4) is 0 Å². The van der Waals surface area contributed by atoms with E-state index in [0.29, 0.717) is 0 Å². The maximum atomic E-state index is 4.43. The monoisotopic (exact) mass is 226 g/mol. The van der Waals surface area contributed by atoms with E-state index in [1.54, 1.807) is 11.3 Å². The quantitative estimate of drug-likeness (QED) is 0.822. The Morgan fingerprint density at radius 3 is 2.73 bits per heavy atom. The summed E-state index contributed by atoms with van der Waals surface area (Å²) < 4.78 is 0. The first-order valence-electron chi connectivity index (χ1n) is 5.32. The second-order valence-electron chi connectivity index (χ2n) is 4.01. The van der Waals surface area contributed by atoms with E-state index >= 15 is 0 Å². The van der Waals surface area contributed by atoms with Crippen molar-refractivity contribution in [1.82, 2.24) is 20.3 Å². The number of aryl methyl sites for hydroxylation is 1. The average molecular weight is 226 g/mol. The maximum absolute atomic E-state index is 4.43. The average Bonchev–Trinajstić information content (AvgIpc) is 2.64. The van der Waals surface area contributed by atoms with Gasteiger partial charge in [-0.2, -0.15) is 0 Å². The van der Waals surface area contributed by atoms with Crippen molar-refractivity contribution in [2.45, 2.75) is 13.5 Å². The molecule has 1 fully saturated rings. The van der Waals surface area contributed by atoms with Crippen LogP contribution >= 0.6 is 11.3 Å². The molecule has 0 radical (unpaired) electrons. The molecule has 1 aliphatic heterocycles. The molecule has 84 valence electrons. The van der Waals surface area contributed by atoms with Crippen molar-refractivity contribution < 1.29 is 0 Å². The Balaban J connectivity index is 1.74. The topological polar surface area (TPSA) is 31.4 Å². The summed E-state index contributed by atoms with van der Waals surface area (Å²) in [6, 6.07) is 0. The van der Waals surface area contributed by atoms with Crippen LogP contribution in [0.15, 0.2) is 5.38 Å². The van der Waals surface area contributed by atoms with E-state index in [0.717, 1.165) is 38.4 Å². The standard InChI is InChI=1S/C10H18N4S/c1-9-8-15-10(12-9)7-11-14-5-3-13(2)4-6-14/h8,11H,3-7H2,1-2H3. The molecule has 0 unspecified atom stereocenters. The van der Waals surface area contributed by atoms with Crippen LogP contribution in [-0.4, -0.2) is 48.1 Å². The fourth-order valence-corrected chi connectivity index (χ4v) is 2.33. The Kier molecular flexibility index (Phi) is 3.69. The number of hydrazine groups is 1. The minimum Gasteiger partial charge on any atom is -0.304 e. The molecule has 1 aliphatic rings. The first kappa shape index (κ1) is 11.0. The molecule has 2 rings (SSSR count). The van der Waals surface area contributed by atoms with Crippen LogP contribution < -0.4 is 5.43 Å². The Hall–Kier alpha value is -0.490. The minimum absolute atomic E-state index is 0.863. The van der Waals surface area contributed by atoms with Crippen molar-refractivity contribution in [3.05, 3.63) is 16.1 Å². The highest BCUT2D eigenvalue weighted by Crippen LogP contribution is 2.08. The van der Waals surface area contributed by atoms with E-state index < -0.39 is 0 Å². The fraction of sp³-hybridized carbons (Fsp3) is 0.700. The van der Waals surface area contributed by atoms with E-state index in [-0.39, 0.29) is 0 Å². The van der Waals surface area contributed by atoms with E-state index in [2.05, 4.69) is 32.7 Å². The van der Waals surface area contributed by atoms with Crippen molar-refractivity contribution in [1.29, 1.82) is 0 Å². The molecule has 0 saturated carbocycles. The Bertz CT molecular complexity index is 304. The van der Waals surface area contributed by atoms with Gasteiger partial charge in [0, 0.05) is 37.3 Å². The molecule has 0 spiro atoms. The number of thiazole rings is 1. The summed E-state index contributed by atoms with van der Waals surface area (Å²) in [5.74, 6) is 0. The molecule has 15 heavy (non-hydrogen) atoms. The van der Waals surface area contributed by atoms with Crippen LogP contribution in [-0.2, 0) is 6.54 Å². The molecular formula is C10H18N4S. The first-order chi connectivity index (χ1) is 7.24. The highest BCUT2D eigenvalue weighted by molar-refractivity contribution is 7.09. The van der Waals surface area contributed by atoms with Gasteiger partial charge in [-0.1, -0.05) is 0 Å². The maximum Gasteiger partial charge on any atom is 0.108 e. The zero-order valence-corrected chi connectivity index (χ0v) is 10.2. The number of aromatic nitrogens is 1. The lowest BCUT2D eigenvalue weighted by molar-refractivity contribution is 0.102. The number of hydrogen-bond donors (Lipinski definition) is 1. The van der Waals surface area contributed by atoms with Crippen LogP contribution in [0.25, 0.3) is 0 Å². The van der Waals surface area contributed by atoms with Crippen molar-refractivity contribution in [2.75, 3.05) is 33.2 Å². The summed E-state index contributed by atoms with van der Waals surface area (Å²) >= 11 is 1.73. The van der Waals surface area contributed by atoms with E-state index in [9.17, 15) is 0 Å². The van der Waals surface area contributed by atoms with Crippen molar-refractivity contribution >= 4 is 11.3 Å². The van der Waals surface area contributed by atoms with Crippen molar-refractivity contribution in [3.8, 4) is 0 Å².